The highest BCUT2D eigenvalue weighted by Gasteiger charge is 2.21. The molecule has 1 aliphatic heterocycles. The highest BCUT2D eigenvalue weighted by Crippen LogP contribution is 2.31. The third kappa shape index (κ3) is 2.89. The zero-order valence-electron chi connectivity index (χ0n) is 9.90. The molecule has 16 heavy (non-hydrogen) atoms. The summed E-state index contributed by atoms with van der Waals surface area (Å²) in [5.74, 6) is 1.32. The van der Waals surface area contributed by atoms with E-state index in [0.29, 0.717) is 6.04 Å². The van der Waals surface area contributed by atoms with Crippen LogP contribution in [0.25, 0.3) is 0 Å². The summed E-state index contributed by atoms with van der Waals surface area (Å²) in [7, 11) is 0. The van der Waals surface area contributed by atoms with Gasteiger partial charge in [0.25, 0.3) is 0 Å². The smallest absolute Gasteiger partial charge is 0.0480 e. The molecule has 88 valence electrons. The van der Waals surface area contributed by atoms with Crippen molar-refractivity contribution in [2.45, 2.75) is 36.0 Å². The fourth-order valence-electron chi connectivity index (χ4n) is 2.08. The van der Waals surface area contributed by atoms with Gasteiger partial charge in [-0.1, -0.05) is 19.1 Å². The molecule has 1 nitrogen and oxygen atoms in total. The summed E-state index contributed by atoms with van der Waals surface area (Å²) in [6.07, 6.45) is 4.78. The number of anilines is 1. The monoisotopic (exact) mass is 253 g/mol. The number of nitrogens with one attached hydrogen (secondary N) is 1. The van der Waals surface area contributed by atoms with Crippen molar-refractivity contribution in [3.63, 3.8) is 0 Å². The lowest BCUT2D eigenvalue weighted by Crippen LogP contribution is -2.32. The van der Waals surface area contributed by atoms with Crippen LogP contribution in [0.4, 0.5) is 5.69 Å². The zero-order chi connectivity index (χ0) is 11.4. The van der Waals surface area contributed by atoms with Crippen LogP contribution in [0, 0.1) is 0 Å². The molecule has 1 N–H and O–H groups in total. The third-order valence-electron chi connectivity index (χ3n) is 3.05. The van der Waals surface area contributed by atoms with Gasteiger partial charge in [-0.25, -0.2) is 0 Å². The van der Waals surface area contributed by atoms with Crippen LogP contribution in [0.15, 0.2) is 29.2 Å². The number of rotatable bonds is 3. The Bertz CT molecular complexity index is 340. The maximum absolute atomic E-state index is 3.71. The van der Waals surface area contributed by atoms with E-state index >= 15 is 0 Å². The van der Waals surface area contributed by atoms with Gasteiger partial charge in [-0.05, 0) is 37.0 Å². The zero-order valence-corrected chi connectivity index (χ0v) is 11.5. The highest BCUT2D eigenvalue weighted by molar-refractivity contribution is 8.00. The van der Waals surface area contributed by atoms with E-state index in [2.05, 4.69) is 54.5 Å². The minimum atomic E-state index is 0.632. The number of thioether (sulfide) groups is 2. The Kier molecular flexibility index (Phi) is 4.47. The van der Waals surface area contributed by atoms with Crippen LogP contribution in [0.1, 0.15) is 19.8 Å². The molecular weight excluding hydrogens is 234 g/mol. The Hall–Kier alpha value is -0.280. The predicted octanol–water partition coefficient (Wildman–Crippen LogP) is 4.10. The van der Waals surface area contributed by atoms with Gasteiger partial charge in [0.05, 0.1) is 0 Å². The maximum atomic E-state index is 3.71. The average molecular weight is 253 g/mol. The van der Waals surface area contributed by atoms with Gasteiger partial charge in [0.1, 0.15) is 0 Å². The molecule has 1 aromatic carbocycles. The van der Waals surface area contributed by atoms with Crippen molar-refractivity contribution in [1.29, 1.82) is 0 Å². The Labute approximate surface area is 107 Å². The minimum absolute atomic E-state index is 0.632. The molecule has 0 aliphatic carbocycles. The van der Waals surface area contributed by atoms with E-state index in [-0.39, 0.29) is 0 Å². The van der Waals surface area contributed by atoms with E-state index in [0.717, 1.165) is 5.25 Å². The van der Waals surface area contributed by atoms with Crippen LogP contribution >= 0.6 is 23.5 Å². The van der Waals surface area contributed by atoms with E-state index in [4.69, 9.17) is 0 Å². The van der Waals surface area contributed by atoms with E-state index in [1.165, 1.54) is 29.2 Å². The molecule has 0 radical (unpaired) electrons. The molecule has 0 saturated carbocycles. The molecule has 2 atom stereocenters. The predicted molar refractivity (Wildman–Crippen MR) is 76.8 cm³/mol. The van der Waals surface area contributed by atoms with Crippen molar-refractivity contribution in [3.8, 4) is 0 Å². The molecule has 0 amide bonds. The van der Waals surface area contributed by atoms with Crippen molar-refractivity contribution in [2.24, 2.45) is 0 Å². The SMILES string of the molecule is CSc1ccccc1NC1CCCSC1C. The molecule has 1 saturated heterocycles. The number of hydrogen-bond donors (Lipinski definition) is 1. The Morgan fingerprint density at radius 1 is 1.38 bits per heavy atom. The first-order valence-electron chi connectivity index (χ1n) is 5.82. The van der Waals surface area contributed by atoms with Crippen LogP contribution in [0.5, 0.6) is 0 Å². The van der Waals surface area contributed by atoms with Crippen molar-refractivity contribution in [1.82, 2.24) is 0 Å². The van der Waals surface area contributed by atoms with Gasteiger partial charge >= 0.3 is 0 Å². The van der Waals surface area contributed by atoms with Gasteiger partial charge in [0.2, 0.25) is 0 Å². The topological polar surface area (TPSA) is 12.0 Å². The summed E-state index contributed by atoms with van der Waals surface area (Å²) in [5, 5.41) is 4.43. The van der Waals surface area contributed by atoms with Crippen molar-refractivity contribution in [3.05, 3.63) is 24.3 Å². The fraction of sp³-hybridized carbons (Fsp3) is 0.538. The fourth-order valence-corrected chi connectivity index (χ4v) is 3.78. The third-order valence-corrected chi connectivity index (χ3v) is 5.23. The van der Waals surface area contributed by atoms with Gasteiger partial charge in [0, 0.05) is 21.9 Å². The number of hydrogen-bond acceptors (Lipinski definition) is 3. The van der Waals surface area contributed by atoms with Crippen molar-refractivity contribution in [2.75, 3.05) is 17.3 Å². The summed E-state index contributed by atoms with van der Waals surface area (Å²) >= 11 is 3.91. The molecule has 0 spiro atoms. The Morgan fingerprint density at radius 2 is 2.19 bits per heavy atom. The molecule has 0 aromatic heterocycles. The number of para-hydroxylation sites is 1. The largest absolute Gasteiger partial charge is 0.380 e. The summed E-state index contributed by atoms with van der Waals surface area (Å²) < 4.78 is 0. The van der Waals surface area contributed by atoms with Gasteiger partial charge in [0.15, 0.2) is 0 Å². The highest BCUT2D eigenvalue weighted by atomic mass is 32.2. The first-order chi connectivity index (χ1) is 7.81. The van der Waals surface area contributed by atoms with Crippen molar-refractivity contribution >= 4 is 29.2 Å². The average Bonchev–Trinajstić information content (AvgIpc) is 2.33. The molecule has 2 rings (SSSR count). The van der Waals surface area contributed by atoms with Crippen LogP contribution in [0.3, 0.4) is 0 Å². The Morgan fingerprint density at radius 3 is 2.94 bits per heavy atom. The number of benzene rings is 1. The first kappa shape index (κ1) is 12.2. The molecular formula is C13H19NS2. The standard InChI is InChI=1S/C13H19NS2/c1-10-11(7-5-9-16-10)14-12-6-3-4-8-13(12)15-2/h3-4,6,8,10-11,14H,5,7,9H2,1-2H3. The summed E-state index contributed by atoms with van der Waals surface area (Å²) in [6.45, 7) is 2.34. The van der Waals surface area contributed by atoms with Gasteiger partial charge < -0.3 is 5.32 Å². The van der Waals surface area contributed by atoms with Gasteiger partial charge in [-0.15, -0.1) is 11.8 Å². The van der Waals surface area contributed by atoms with Crippen LogP contribution in [-0.2, 0) is 0 Å². The molecule has 1 fully saturated rings. The second kappa shape index (κ2) is 5.87. The van der Waals surface area contributed by atoms with Crippen LogP contribution in [-0.4, -0.2) is 23.3 Å². The maximum Gasteiger partial charge on any atom is 0.0480 e. The molecule has 1 aliphatic rings. The quantitative estimate of drug-likeness (QED) is 0.814. The molecule has 0 bridgehead atoms. The minimum Gasteiger partial charge on any atom is -0.380 e. The van der Waals surface area contributed by atoms with Crippen molar-refractivity contribution < 1.29 is 0 Å². The van der Waals surface area contributed by atoms with E-state index < -0.39 is 0 Å². The summed E-state index contributed by atoms with van der Waals surface area (Å²) in [4.78, 5) is 1.35. The van der Waals surface area contributed by atoms with E-state index in [1.807, 2.05) is 11.8 Å². The normalized spacial score (nSPS) is 25.4. The second-order valence-electron chi connectivity index (χ2n) is 4.17. The lowest BCUT2D eigenvalue weighted by atomic mass is 10.1. The lowest BCUT2D eigenvalue weighted by Gasteiger charge is -2.30. The molecule has 1 heterocycles. The summed E-state index contributed by atoms with van der Waals surface area (Å²) in [6, 6.07) is 9.23. The second-order valence-corrected chi connectivity index (χ2v) is 6.50. The Balaban J connectivity index is 2.07. The molecule has 3 heteroatoms. The summed E-state index contributed by atoms with van der Waals surface area (Å²) in [5.41, 5.74) is 1.30. The molecule has 1 aromatic rings. The van der Waals surface area contributed by atoms with Gasteiger partial charge in [-0.3, -0.25) is 0 Å². The van der Waals surface area contributed by atoms with E-state index in [1.54, 1.807) is 0 Å². The van der Waals surface area contributed by atoms with Gasteiger partial charge in [-0.2, -0.15) is 11.8 Å². The molecule has 2 unspecified atom stereocenters. The van der Waals surface area contributed by atoms with Crippen LogP contribution < -0.4 is 5.32 Å². The van der Waals surface area contributed by atoms with E-state index in [9.17, 15) is 0 Å². The first-order valence-corrected chi connectivity index (χ1v) is 8.10. The van der Waals surface area contributed by atoms with Crippen LogP contribution in [0.2, 0.25) is 0 Å². The lowest BCUT2D eigenvalue weighted by molar-refractivity contribution is 0.616.